The summed E-state index contributed by atoms with van der Waals surface area (Å²) in [5, 5.41) is 2.15. The van der Waals surface area contributed by atoms with Crippen LogP contribution in [0, 0.1) is 13.8 Å². The zero-order valence-electron chi connectivity index (χ0n) is 7.87. The number of hydrogen-bond donors (Lipinski definition) is 0. The maximum atomic E-state index is 2.20. The smallest absolute Gasteiger partial charge is 0.00926 e. The minimum atomic E-state index is 1.35. The first-order valence-electron chi connectivity index (χ1n) is 4.39. The molecule has 1 aromatic carbocycles. The SMILES string of the molecule is Cc1ccccc1-c1ccsc1C. The molecule has 0 aliphatic rings. The van der Waals surface area contributed by atoms with Gasteiger partial charge in [-0.05, 0) is 42.0 Å². The Morgan fingerprint density at radius 2 is 1.69 bits per heavy atom. The van der Waals surface area contributed by atoms with Crippen molar-refractivity contribution in [3.8, 4) is 11.1 Å². The monoisotopic (exact) mass is 188 g/mol. The Morgan fingerprint density at radius 1 is 0.923 bits per heavy atom. The zero-order chi connectivity index (χ0) is 9.26. The molecular weight excluding hydrogens is 176 g/mol. The van der Waals surface area contributed by atoms with Crippen LogP contribution in [0.3, 0.4) is 0 Å². The van der Waals surface area contributed by atoms with E-state index in [-0.39, 0.29) is 0 Å². The van der Waals surface area contributed by atoms with Gasteiger partial charge >= 0.3 is 0 Å². The summed E-state index contributed by atoms with van der Waals surface area (Å²) >= 11 is 1.81. The largest absolute Gasteiger partial charge is 0.149 e. The van der Waals surface area contributed by atoms with Crippen LogP contribution in [0.1, 0.15) is 10.4 Å². The summed E-state index contributed by atoms with van der Waals surface area (Å²) in [5.41, 5.74) is 4.09. The molecule has 0 saturated carbocycles. The maximum absolute atomic E-state index is 2.20. The van der Waals surface area contributed by atoms with Crippen molar-refractivity contribution in [3.05, 3.63) is 46.2 Å². The molecule has 1 aromatic heterocycles. The van der Waals surface area contributed by atoms with Crippen molar-refractivity contribution in [1.29, 1.82) is 0 Å². The van der Waals surface area contributed by atoms with Crippen molar-refractivity contribution in [2.45, 2.75) is 13.8 Å². The van der Waals surface area contributed by atoms with E-state index >= 15 is 0 Å². The van der Waals surface area contributed by atoms with Crippen molar-refractivity contribution in [1.82, 2.24) is 0 Å². The Labute approximate surface area is 82.9 Å². The Hall–Kier alpha value is -1.08. The molecule has 0 atom stereocenters. The highest BCUT2D eigenvalue weighted by molar-refractivity contribution is 7.10. The standard InChI is InChI=1S/C12H12S/c1-9-5-3-4-6-11(9)12-7-8-13-10(12)2/h3-8H,1-2H3. The van der Waals surface area contributed by atoms with Gasteiger partial charge in [0.25, 0.3) is 0 Å². The van der Waals surface area contributed by atoms with Gasteiger partial charge in [-0.25, -0.2) is 0 Å². The molecule has 0 fully saturated rings. The van der Waals surface area contributed by atoms with Crippen molar-refractivity contribution < 1.29 is 0 Å². The average Bonchev–Trinajstić information content (AvgIpc) is 2.52. The van der Waals surface area contributed by atoms with E-state index in [9.17, 15) is 0 Å². The third-order valence-corrected chi connectivity index (χ3v) is 3.14. The first kappa shape index (κ1) is 8.52. The minimum Gasteiger partial charge on any atom is -0.149 e. The van der Waals surface area contributed by atoms with Gasteiger partial charge in [0, 0.05) is 4.88 Å². The predicted molar refractivity (Wildman–Crippen MR) is 59.2 cm³/mol. The molecule has 2 aromatic rings. The second kappa shape index (κ2) is 3.35. The second-order valence-corrected chi connectivity index (χ2v) is 4.33. The molecule has 0 spiro atoms. The molecule has 66 valence electrons. The van der Waals surface area contributed by atoms with E-state index in [1.165, 1.54) is 21.6 Å². The molecule has 0 saturated heterocycles. The number of thiophene rings is 1. The van der Waals surface area contributed by atoms with E-state index in [1.807, 2.05) is 11.3 Å². The summed E-state index contributed by atoms with van der Waals surface area (Å²) in [6.07, 6.45) is 0. The first-order chi connectivity index (χ1) is 6.29. The Kier molecular flexibility index (Phi) is 2.19. The summed E-state index contributed by atoms with van der Waals surface area (Å²) in [6, 6.07) is 10.7. The minimum absolute atomic E-state index is 1.35. The lowest BCUT2D eigenvalue weighted by atomic mass is 10.0. The normalized spacial score (nSPS) is 10.3. The predicted octanol–water partition coefficient (Wildman–Crippen LogP) is 4.03. The van der Waals surface area contributed by atoms with Crippen LogP contribution in [-0.4, -0.2) is 0 Å². The van der Waals surface area contributed by atoms with E-state index in [0.717, 1.165) is 0 Å². The Morgan fingerprint density at radius 3 is 2.31 bits per heavy atom. The van der Waals surface area contributed by atoms with Gasteiger partial charge in [-0.15, -0.1) is 11.3 Å². The van der Waals surface area contributed by atoms with Gasteiger partial charge in [-0.3, -0.25) is 0 Å². The van der Waals surface area contributed by atoms with Crippen molar-refractivity contribution in [2.24, 2.45) is 0 Å². The van der Waals surface area contributed by atoms with Crippen LogP contribution in [0.25, 0.3) is 11.1 Å². The van der Waals surface area contributed by atoms with E-state index in [0.29, 0.717) is 0 Å². The lowest BCUT2D eigenvalue weighted by molar-refractivity contribution is 1.45. The fourth-order valence-electron chi connectivity index (χ4n) is 1.54. The average molecular weight is 188 g/mol. The summed E-state index contributed by atoms with van der Waals surface area (Å²) in [5.74, 6) is 0. The third kappa shape index (κ3) is 1.52. The summed E-state index contributed by atoms with van der Waals surface area (Å²) in [6.45, 7) is 4.33. The molecule has 0 radical (unpaired) electrons. The van der Waals surface area contributed by atoms with Crippen LogP contribution < -0.4 is 0 Å². The third-order valence-electron chi connectivity index (χ3n) is 2.29. The molecule has 0 aliphatic heterocycles. The Balaban J connectivity index is 2.59. The van der Waals surface area contributed by atoms with Crippen molar-refractivity contribution in [3.63, 3.8) is 0 Å². The first-order valence-corrected chi connectivity index (χ1v) is 5.27. The lowest BCUT2D eigenvalue weighted by Crippen LogP contribution is -1.80. The number of hydrogen-bond acceptors (Lipinski definition) is 1. The second-order valence-electron chi connectivity index (χ2n) is 3.21. The van der Waals surface area contributed by atoms with Crippen LogP contribution >= 0.6 is 11.3 Å². The fraction of sp³-hybridized carbons (Fsp3) is 0.167. The highest BCUT2D eigenvalue weighted by atomic mass is 32.1. The molecule has 1 heteroatoms. The molecule has 0 nitrogen and oxygen atoms in total. The van der Waals surface area contributed by atoms with Gasteiger partial charge in [-0.1, -0.05) is 24.3 Å². The van der Waals surface area contributed by atoms with E-state index in [1.54, 1.807) is 0 Å². The molecule has 1 heterocycles. The molecule has 0 N–H and O–H groups in total. The molecule has 2 rings (SSSR count). The van der Waals surface area contributed by atoms with E-state index < -0.39 is 0 Å². The highest BCUT2D eigenvalue weighted by Crippen LogP contribution is 2.29. The quantitative estimate of drug-likeness (QED) is 0.633. The topological polar surface area (TPSA) is 0 Å². The highest BCUT2D eigenvalue weighted by Gasteiger charge is 2.04. The van der Waals surface area contributed by atoms with E-state index in [4.69, 9.17) is 0 Å². The molecule has 0 aliphatic carbocycles. The number of benzene rings is 1. The van der Waals surface area contributed by atoms with Gasteiger partial charge in [0.15, 0.2) is 0 Å². The van der Waals surface area contributed by atoms with Gasteiger partial charge in [0.2, 0.25) is 0 Å². The Bertz CT molecular complexity index is 413. The van der Waals surface area contributed by atoms with Gasteiger partial charge in [-0.2, -0.15) is 0 Å². The molecule has 0 amide bonds. The van der Waals surface area contributed by atoms with Gasteiger partial charge < -0.3 is 0 Å². The van der Waals surface area contributed by atoms with Gasteiger partial charge in [0.05, 0.1) is 0 Å². The van der Waals surface area contributed by atoms with Crippen LogP contribution in [0.4, 0.5) is 0 Å². The molecule has 0 bridgehead atoms. The van der Waals surface area contributed by atoms with Crippen LogP contribution in [0.15, 0.2) is 35.7 Å². The summed E-state index contributed by atoms with van der Waals surface area (Å²) < 4.78 is 0. The van der Waals surface area contributed by atoms with Crippen LogP contribution in [0.5, 0.6) is 0 Å². The fourth-order valence-corrected chi connectivity index (χ4v) is 2.25. The molecule has 13 heavy (non-hydrogen) atoms. The summed E-state index contributed by atoms with van der Waals surface area (Å²) in [4.78, 5) is 1.40. The van der Waals surface area contributed by atoms with Crippen molar-refractivity contribution in [2.75, 3.05) is 0 Å². The lowest BCUT2D eigenvalue weighted by Gasteiger charge is -2.03. The molecule has 0 unspecified atom stereocenters. The van der Waals surface area contributed by atoms with Crippen LogP contribution in [0.2, 0.25) is 0 Å². The molecular formula is C12H12S. The van der Waals surface area contributed by atoms with Crippen molar-refractivity contribution >= 4 is 11.3 Å². The van der Waals surface area contributed by atoms with E-state index in [2.05, 4.69) is 49.6 Å². The number of rotatable bonds is 1. The summed E-state index contributed by atoms with van der Waals surface area (Å²) in [7, 11) is 0. The number of aryl methyl sites for hydroxylation is 2. The van der Waals surface area contributed by atoms with Crippen LogP contribution in [-0.2, 0) is 0 Å². The zero-order valence-corrected chi connectivity index (χ0v) is 8.69. The van der Waals surface area contributed by atoms with Gasteiger partial charge in [0.1, 0.15) is 0 Å². The maximum Gasteiger partial charge on any atom is 0.00926 e.